The molecule has 118 valence electrons. The number of hydrogen-bond acceptors (Lipinski definition) is 5. The highest BCUT2D eigenvalue weighted by atomic mass is 35.5. The molecule has 1 aliphatic heterocycles. The Labute approximate surface area is 139 Å². The fourth-order valence-electron chi connectivity index (χ4n) is 2.33. The minimum absolute atomic E-state index is 0. The molecule has 0 bridgehead atoms. The van der Waals surface area contributed by atoms with Gasteiger partial charge in [0.05, 0.1) is 11.8 Å². The highest BCUT2D eigenvalue weighted by Gasteiger charge is 2.30. The Balaban J connectivity index is 0.00000176. The maximum Gasteiger partial charge on any atom is 0.255 e. The molecular formula is C15H18ClN3O2S. The fraction of sp³-hybridized carbons (Fsp3) is 0.333. The van der Waals surface area contributed by atoms with Gasteiger partial charge in [-0.25, -0.2) is 4.98 Å². The van der Waals surface area contributed by atoms with Crippen molar-refractivity contribution < 1.29 is 9.53 Å². The Hall–Kier alpha value is -1.47. The van der Waals surface area contributed by atoms with E-state index in [0.29, 0.717) is 18.1 Å². The molecule has 22 heavy (non-hydrogen) atoms. The standard InChI is InChI=1S/C15H17N3O2S.ClH/c16-8-11-6-7-13(20-11)14(19)18-15-17-12(9-21-15)10-4-2-1-3-5-10;/h1-5,9,11,13H,6-8,16H2,(H,17,18,19);1H/t11-,13+;/m1./s1. The van der Waals surface area contributed by atoms with Crippen LogP contribution in [-0.2, 0) is 9.53 Å². The van der Waals surface area contributed by atoms with E-state index in [1.54, 1.807) is 0 Å². The zero-order valence-electron chi connectivity index (χ0n) is 11.9. The topological polar surface area (TPSA) is 77.2 Å². The molecule has 1 fully saturated rings. The van der Waals surface area contributed by atoms with Crippen molar-refractivity contribution in [3.05, 3.63) is 35.7 Å². The van der Waals surface area contributed by atoms with Crippen molar-refractivity contribution in [1.29, 1.82) is 0 Å². The average Bonchev–Trinajstić information content (AvgIpc) is 3.17. The monoisotopic (exact) mass is 339 g/mol. The molecule has 1 saturated heterocycles. The molecule has 1 amide bonds. The van der Waals surface area contributed by atoms with Gasteiger partial charge in [-0.1, -0.05) is 30.3 Å². The molecule has 2 aromatic rings. The Morgan fingerprint density at radius 2 is 2.14 bits per heavy atom. The number of hydrogen-bond donors (Lipinski definition) is 2. The first-order chi connectivity index (χ1) is 10.3. The molecule has 3 rings (SSSR count). The lowest BCUT2D eigenvalue weighted by Crippen LogP contribution is -2.29. The van der Waals surface area contributed by atoms with Gasteiger partial charge >= 0.3 is 0 Å². The van der Waals surface area contributed by atoms with Gasteiger partial charge in [0.1, 0.15) is 6.10 Å². The minimum atomic E-state index is -0.414. The van der Waals surface area contributed by atoms with Crippen LogP contribution < -0.4 is 11.1 Å². The molecule has 0 saturated carbocycles. The van der Waals surface area contributed by atoms with Crippen LogP contribution in [0.25, 0.3) is 11.3 Å². The molecule has 1 aromatic carbocycles. The number of nitrogens with one attached hydrogen (secondary N) is 1. The van der Waals surface area contributed by atoms with Gasteiger partial charge in [-0.15, -0.1) is 23.7 Å². The summed E-state index contributed by atoms with van der Waals surface area (Å²) in [5.74, 6) is -0.139. The molecule has 0 aliphatic carbocycles. The van der Waals surface area contributed by atoms with Crippen LogP contribution in [0, 0.1) is 0 Å². The Bertz CT molecular complexity index is 620. The maximum atomic E-state index is 12.1. The van der Waals surface area contributed by atoms with Crippen molar-refractivity contribution in [1.82, 2.24) is 4.98 Å². The molecule has 3 N–H and O–H groups in total. The van der Waals surface area contributed by atoms with Crippen LogP contribution in [0.5, 0.6) is 0 Å². The van der Waals surface area contributed by atoms with Crippen LogP contribution in [-0.4, -0.2) is 29.6 Å². The smallest absolute Gasteiger partial charge is 0.255 e. The molecule has 1 aromatic heterocycles. The first-order valence-electron chi connectivity index (χ1n) is 6.93. The van der Waals surface area contributed by atoms with E-state index in [4.69, 9.17) is 10.5 Å². The molecule has 7 heteroatoms. The second-order valence-electron chi connectivity index (χ2n) is 4.95. The highest BCUT2D eigenvalue weighted by Crippen LogP contribution is 2.26. The SMILES string of the molecule is Cl.NC[C@H]1CC[C@@H](C(=O)Nc2nc(-c3ccccc3)cs2)O1. The molecular weight excluding hydrogens is 322 g/mol. The van der Waals surface area contributed by atoms with Crippen LogP contribution in [0.4, 0.5) is 5.13 Å². The second kappa shape index (κ2) is 7.69. The molecule has 2 atom stereocenters. The van der Waals surface area contributed by atoms with Crippen LogP contribution in [0.1, 0.15) is 12.8 Å². The van der Waals surface area contributed by atoms with Crippen molar-refractivity contribution in [2.24, 2.45) is 5.73 Å². The number of halogens is 1. The summed E-state index contributed by atoms with van der Waals surface area (Å²) in [6.45, 7) is 0.458. The van der Waals surface area contributed by atoms with E-state index in [-0.39, 0.29) is 24.4 Å². The number of ether oxygens (including phenoxy) is 1. The predicted octanol–water partition coefficient (Wildman–Crippen LogP) is 2.68. The lowest BCUT2D eigenvalue weighted by Gasteiger charge is -2.11. The second-order valence-corrected chi connectivity index (χ2v) is 5.81. The number of carbonyl (C=O) groups excluding carboxylic acids is 1. The summed E-state index contributed by atoms with van der Waals surface area (Å²) in [5, 5.41) is 5.35. The van der Waals surface area contributed by atoms with Crippen LogP contribution >= 0.6 is 23.7 Å². The summed E-state index contributed by atoms with van der Waals surface area (Å²) < 4.78 is 5.58. The maximum absolute atomic E-state index is 12.1. The number of nitrogens with two attached hydrogens (primary N) is 1. The van der Waals surface area contributed by atoms with Crippen molar-refractivity contribution in [3.8, 4) is 11.3 Å². The van der Waals surface area contributed by atoms with E-state index in [9.17, 15) is 4.79 Å². The summed E-state index contributed by atoms with van der Waals surface area (Å²) in [4.78, 5) is 16.5. The third-order valence-electron chi connectivity index (χ3n) is 3.47. The van der Waals surface area contributed by atoms with E-state index >= 15 is 0 Å². The number of anilines is 1. The molecule has 1 aliphatic rings. The molecule has 0 spiro atoms. The van der Waals surface area contributed by atoms with Gasteiger partial charge in [0.25, 0.3) is 5.91 Å². The van der Waals surface area contributed by atoms with E-state index in [1.165, 1.54) is 11.3 Å². The molecule has 5 nitrogen and oxygen atoms in total. The summed E-state index contributed by atoms with van der Waals surface area (Å²) in [5.41, 5.74) is 7.45. The number of nitrogens with zero attached hydrogens (tertiary/aromatic N) is 1. The number of benzene rings is 1. The van der Waals surface area contributed by atoms with Gasteiger partial charge in [0.15, 0.2) is 5.13 Å². The van der Waals surface area contributed by atoms with E-state index in [1.807, 2.05) is 35.7 Å². The quantitative estimate of drug-likeness (QED) is 0.897. The van der Waals surface area contributed by atoms with Crippen LogP contribution in [0.3, 0.4) is 0 Å². The van der Waals surface area contributed by atoms with E-state index in [0.717, 1.165) is 17.7 Å². The largest absolute Gasteiger partial charge is 0.364 e. The number of carbonyl (C=O) groups is 1. The molecule has 0 radical (unpaired) electrons. The summed E-state index contributed by atoms with van der Waals surface area (Å²) >= 11 is 1.41. The van der Waals surface area contributed by atoms with Crippen LogP contribution in [0.2, 0.25) is 0 Å². The number of aromatic nitrogens is 1. The summed E-state index contributed by atoms with van der Waals surface area (Å²) in [6.07, 6.45) is 1.13. The summed E-state index contributed by atoms with van der Waals surface area (Å²) in [7, 11) is 0. The number of rotatable bonds is 4. The van der Waals surface area contributed by atoms with Gasteiger partial charge in [-0.05, 0) is 12.8 Å². The van der Waals surface area contributed by atoms with Gasteiger partial charge in [0.2, 0.25) is 0 Å². The van der Waals surface area contributed by atoms with Crippen molar-refractivity contribution in [3.63, 3.8) is 0 Å². The predicted molar refractivity (Wildman–Crippen MR) is 90.4 cm³/mol. The van der Waals surface area contributed by atoms with E-state index < -0.39 is 6.10 Å². The lowest BCUT2D eigenvalue weighted by atomic mass is 10.2. The first-order valence-corrected chi connectivity index (χ1v) is 7.81. The highest BCUT2D eigenvalue weighted by molar-refractivity contribution is 7.14. The number of thiazole rings is 1. The molecule has 2 heterocycles. The van der Waals surface area contributed by atoms with Gasteiger partial charge in [-0.3, -0.25) is 10.1 Å². The average molecular weight is 340 g/mol. The Kier molecular flexibility index (Phi) is 5.90. The van der Waals surface area contributed by atoms with E-state index in [2.05, 4.69) is 10.3 Å². The van der Waals surface area contributed by atoms with Gasteiger partial charge in [0, 0.05) is 17.5 Å². The third-order valence-corrected chi connectivity index (χ3v) is 4.22. The number of amides is 1. The van der Waals surface area contributed by atoms with Gasteiger partial charge < -0.3 is 10.5 Å². The zero-order valence-corrected chi connectivity index (χ0v) is 13.5. The Morgan fingerprint density at radius 1 is 1.36 bits per heavy atom. The normalized spacial score (nSPS) is 20.4. The van der Waals surface area contributed by atoms with Crippen molar-refractivity contribution in [2.75, 3.05) is 11.9 Å². The Morgan fingerprint density at radius 3 is 2.82 bits per heavy atom. The minimum Gasteiger partial charge on any atom is -0.364 e. The summed E-state index contributed by atoms with van der Waals surface area (Å²) in [6, 6.07) is 9.88. The fourth-order valence-corrected chi connectivity index (χ4v) is 3.05. The third kappa shape index (κ3) is 3.84. The van der Waals surface area contributed by atoms with Crippen molar-refractivity contribution in [2.45, 2.75) is 25.0 Å². The van der Waals surface area contributed by atoms with Crippen molar-refractivity contribution >= 4 is 34.8 Å². The zero-order chi connectivity index (χ0) is 14.7. The lowest BCUT2D eigenvalue weighted by molar-refractivity contribution is -0.126. The van der Waals surface area contributed by atoms with Gasteiger partial charge in [-0.2, -0.15) is 0 Å². The first kappa shape index (κ1) is 16.9. The molecule has 0 unspecified atom stereocenters. The van der Waals surface area contributed by atoms with Crippen LogP contribution in [0.15, 0.2) is 35.7 Å².